The van der Waals surface area contributed by atoms with E-state index in [1.54, 1.807) is 7.11 Å². The highest BCUT2D eigenvalue weighted by Gasteiger charge is 2.07. The van der Waals surface area contributed by atoms with E-state index in [4.69, 9.17) is 9.47 Å². The highest BCUT2D eigenvalue weighted by Crippen LogP contribution is 2.24. The third-order valence-electron chi connectivity index (χ3n) is 2.93. The predicted octanol–water partition coefficient (Wildman–Crippen LogP) is 3.12. The fourth-order valence-corrected chi connectivity index (χ4v) is 1.96. The quantitative estimate of drug-likeness (QED) is 0.848. The molecule has 2 aromatic rings. The number of nitrogens with one attached hydrogen (secondary N) is 1. The molecule has 5 nitrogen and oxygen atoms in total. The van der Waals surface area contributed by atoms with E-state index in [0.717, 1.165) is 29.4 Å². The minimum absolute atomic E-state index is 0.409. The number of aromatic nitrogens is 2. The molecule has 1 aromatic heterocycles. The van der Waals surface area contributed by atoms with Gasteiger partial charge in [-0.25, -0.2) is 9.97 Å². The van der Waals surface area contributed by atoms with Crippen molar-refractivity contribution in [3.8, 4) is 17.0 Å². The molecule has 0 aliphatic carbocycles. The molecule has 0 amide bonds. The highest BCUT2D eigenvalue weighted by atomic mass is 16.5. The smallest absolute Gasteiger partial charge is 0.157 e. The van der Waals surface area contributed by atoms with Crippen molar-refractivity contribution in [2.45, 2.75) is 20.5 Å². The third kappa shape index (κ3) is 4.16. The second-order valence-electron chi connectivity index (χ2n) is 4.45. The van der Waals surface area contributed by atoms with E-state index in [0.29, 0.717) is 19.0 Å². The lowest BCUT2D eigenvalue weighted by Crippen LogP contribution is -2.06. The first kappa shape index (κ1) is 15.3. The Balaban J connectivity index is 2.37. The van der Waals surface area contributed by atoms with E-state index in [2.05, 4.69) is 15.3 Å². The molecule has 0 unspecified atom stereocenters. The zero-order chi connectivity index (χ0) is 15.1. The topological polar surface area (TPSA) is 56.3 Å². The zero-order valence-electron chi connectivity index (χ0n) is 12.7. The first-order valence-electron chi connectivity index (χ1n) is 7.10. The number of nitrogens with zero attached hydrogens (tertiary/aromatic N) is 2. The summed E-state index contributed by atoms with van der Waals surface area (Å²) in [6, 6.07) is 9.77. The molecule has 0 saturated carbocycles. The molecule has 1 heterocycles. The molecular formula is C16H21N3O2. The van der Waals surface area contributed by atoms with Crippen LogP contribution >= 0.6 is 0 Å². The van der Waals surface area contributed by atoms with Gasteiger partial charge < -0.3 is 14.8 Å². The van der Waals surface area contributed by atoms with Crippen LogP contribution < -0.4 is 10.1 Å². The maximum atomic E-state index is 5.41. The van der Waals surface area contributed by atoms with E-state index in [1.165, 1.54) is 0 Å². The van der Waals surface area contributed by atoms with Crippen molar-refractivity contribution in [1.29, 1.82) is 0 Å². The summed E-state index contributed by atoms with van der Waals surface area (Å²) in [5, 5.41) is 3.23. The fraction of sp³-hybridized carbons (Fsp3) is 0.375. The Bertz CT molecular complexity index is 587. The Labute approximate surface area is 125 Å². The van der Waals surface area contributed by atoms with Gasteiger partial charge in [-0.2, -0.15) is 0 Å². The van der Waals surface area contributed by atoms with Gasteiger partial charge in [0.1, 0.15) is 18.2 Å². The number of hydrogen-bond acceptors (Lipinski definition) is 5. The van der Waals surface area contributed by atoms with Crippen molar-refractivity contribution < 1.29 is 9.47 Å². The lowest BCUT2D eigenvalue weighted by Gasteiger charge is -2.10. The molecule has 0 aliphatic rings. The molecule has 21 heavy (non-hydrogen) atoms. The van der Waals surface area contributed by atoms with Crippen molar-refractivity contribution >= 4 is 5.82 Å². The summed E-state index contributed by atoms with van der Waals surface area (Å²) < 4.78 is 10.7. The molecule has 2 rings (SSSR count). The Kier molecular flexibility index (Phi) is 5.51. The van der Waals surface area contributed by atoms with Gasteiger partial charge in [-0.15, -0.1) is 0 Å². The van der Waals surface area contributed by atoms with Crippen LogP contribution in [0, 0.1) is 0 Å². The Morgan fingerprint density at radius 2 is 2.00 bits per heavy atom. The Morgan fingerprint density at radius 3 is 2.71 bits per heavy atom. The van der Waals surface area contributed by atoms with Crippen LogP contribution in [0.5, 0.6) is 5.75 Å². The predicted molar refractivity (Wildman–Crippen MR) is 83.5 cm³/mol. The van der Waals surface area contributed by atoms with Gasteiger partial charge >= 0.3 is 0 Å². The largest absolute Gasteiger partial charge is 0.497 e. The van der Waals surface area contributed by atoms with Crippen molar-refractivity contribution in [1.82, 2.24) is 9.97 Å². The Hall–Kier alpha value is -2.14. The summed E-state index contributed by atoms with van der Waals surface area (Å²) in [4.78, 5) is 9.02. The van der Waals surface area contributed by atoms with Crippen molar-refractivity contribution in [2.24, 2.45) is 0 Å². The SMILES string of the molecule is CCNc1cc(-c2cccc(OC)c2)nc(COCC)n1. The van der Waals surface area contributed by atoms with Crippen LogP contribution in [0.15, 0.2) is 30.3 Å². The van der Waals surface area contributed by atoms with Gasteiger partial charge in [0.25, 0.3) is 0 Å². The standard InChI is InChI=1S/C16H21N3O2/c1-4-17-15-10-14(18-16(19-15)11-21-5-2)12-7-6-8-13(9-12)20-3/h6-10H,4-5,11H2,1-3H3,(H,17,18,19). The first-order chi connectivity index (χ1) is 10.3. The van der Waals surface area contributed by atoms with Crippen LogP contribution in [0.4, 0.5) is 5.82 Å². The monoisotopic (exact) mass is 287 g/mol. The molecule has 0 spiro atoms. The van der Waals surface area contributed by atoms with E-state index >= 15 is 0 Å². The molecule has 112 valence electrons. The second-order valence-corrected chi connectivity index (χ2v) is 4.45. The third-order valence-corrected chi connectivity index (χ3v) is 2.93. The Morgan fingerprint density at radius 1 is 1.14 bits per heavy atom. The van der Waals surface area contributed by atoms with Crippen LogP contribution in [0.1, 0.15) is 19.7 Å². The van der Waals surface area contributed by atoms with Gasteiger partial charge in [0.15, 0.2) is 5.82 Å². The maximum Gasteiger partial charge on any atom is 0.157 e. The van der Waals surface area contributed by atoms with Crippen molar-refractivity contribution in [3.05, 3.63) is 36.2 Å². The van der Waals surface area contributed by atoms with E-state index in [9.17, 15) is 0 Å². The maximum absolute atomic E-state index is 5.41. The van der Waals surface area contributed by atoms with Crippen LogP contribution in [0.25, 0.3) is 11.3 Å². The lowest BCUT2D eigenvalue weighted by atomic mass is 10.1. The molecule has 0 saturated heterocycles. The molecule has 1 N–H and O–H groups in total. The highest BCUT2D eigenvalue weighted by molar-refractivity contribution is 5.64. The summed E-state index contributed by atoms with van der Waals surface area (Å²) >= 11 is 0. The minimum Gasteiger partial charge on any atom is -0.497 e. The van der Waals surface area contributed by atoms with Gasteiger partial charge in [-0.3, -0.25) is 0 Å². The van der Waals surface area contributed by atoms with Crippen molar-refractivity contribution in [3.63, 3.8) is 0 Å². The molecular weight excluding hydrogens is 266 g/mol. The van der Waals surface area contributed by atoms with Gasteiger partial charge in [0, 0.05) is 24.8 Å². The van der Waals surface area contributed by atoms with Gasteiger partial charge in [-0.05, 0) is 26.0 Å². The average molecular weight is 287 g/mol. The molecule has 0 radical (unpaired) electrons. The van der Waals surface area contributed by atoms with Crippen LogP contribution in [0.2, 0.25) is 0 Å². The first-order valence-corrected chi connectivity index (χ1v) is 7.10. The van der Waals surface area contributed by atoms with E-state index in [-0.39, 0.29) is 0 Å². The number of benzene rings is 1. The molecule has 0 bridgehead atoms. The average Bonchev–Trinajstić information content (AvgIpc) is 2.53. The number of hydrogen-bond donors (Lipinski definition) is 1. The minimum atomic E-state index is 0.409. The number of ether oxygens (including phenoxy) is 2. The molecule has 0 aliphatic heterocycles. The zero-order valence-corrected chi connectivity index (χ0v) is 12.7. The van der Waals surface area contributed by atoms with Crippen LogP contribution in [0.3, 0.4) is 0 Å². The lowest BCUT2D eigenvalue weighted by molar-refractivity contribution is 0.128. The van der Waals surface area contributed by atoms with E-state index < -0.39 is 0 Å². The molecule has 5 heteroatoms. The summed E-state index contributed by atoms with van der Waals surface area (Å²) in [7, 11) is 1.66. The fourth-order valence-electron chi connectivity index (χ4n) is 1.96. The van der Waals surface area contributed by atoms with Crippen LogP contribution in [-0.2, 0) is 11.3 Å². The normalized spacial score (nSPS) is 10.4. The summed E-state index contributed by atoms with van der Waals surface area (Å²) in [6.45, 7) is 5.85. The molecule has 0 fully saturated rings. The van der Waals surface area contributed by atoms with Crippen LogP contribution in [-0.4, -0.2) is 30.2 Å². The number of rotatable bonds is 7. The number of anilines is 1. The second kappa shape index (κ2) is 7.59. The summed E-state index contributed by atoms with van der Waals surface area (Å²) in [6.07, 6.45) is 0. The van der Waals surface area contributed by atoms with Crippen molar-refractivity contribution in [2.75, 3.05) is 25.6 Å². The van der Waals surface area contributed by atoms with Gasteiger partial charge in [0.05, 0.1) is 12.8 Å². The summed E-state index contributed by atoms with van der Waals surface area (Å²) in [5.74, 6) is 2.29. The number of methoxy groups -OCH3 is 1. The van der Waals surface area contributed by atoms with Gasteiger partial charge in [-0.1, -0.05) is 12.1 Å². The van der Waals surface area contributed by atoms with Gasteiger partial charge in [0.2, 0.25) is 0 Å². The molecule has 1 aromatic carbocycles. The van der Waals surface area contributed by atoms with E-state index in [1.807, 2.05) is 44.2 Å². The summed E-state index contributed by atoms with van der Waals surface area (Å²) in [5.41, 5.74) is 1.85. The molecule has 0 atom stereocenters.